The summed E-state index contributed by atoms with van der Waals surface area (Å²) in [7, 11) is 0. The first-order valence-corrected chi connectivity index (χ1v) is 6.95. The van der Waals surface area contributed by atoms with Crippen molar-refractivity contribution >= 4 is 23.2 Å². The second-order valence-corrected chi connectivity index (χ2v) is 6.04. The zero-order valence-corrected chi connectivity index (χ0v) is 11.6. The first-order valence-electron chi connectivity index (χ1n) is 6.19. The molecule has 1 fully saturated rings. The second kappa shape index (κ2) is 5.17. The van der Waals surface area contributed by atoms with Gasteiger partial charge in [0.1, 0.15) is 0 Å². The first-order chi connectivity index (χ1) is 8.01. The van der Waals surface area contributed by atoms with Crippen LogP contribution in [0.3, 0.4) is 0 Å². The monoisotopic (exact) mass is 272 g/mol. The molecule has 2 atom stereocenters. The van der Waals surface area contributed by atoms with E-state index in [-0.39, 0.29) is 0 Å². The molecule has 1 aliphatic rings. The molecule has 0 radical (unpaired) electrons. The van der Waals surface area contributed by atoms with Gasteiger partial charge in [0.05, 0.1) is 5.60 Å². The molecule has 0 amide bonds. The van der Waals surface area contributed by atoms with Crippen molar-refractivity contribution in [1.82, 2.24) is 0 Å². The lowest BCUT2D eigenvalue weighted by Crippen LogP contribution is -2.25. The van der Waals surface area contributed by atoms with Gasteiger partial charge >= 0.3 is 0 Å². The lowest BCUT2D eigenvalue weighted by Gasteiger charge is -2.28. The molecule has 0 aromatic heterocycles. The molecule has 94 valence electrons. The van der Waals surface area contributed by atoms with Gasteiger partial charge in [0.25, 0.3) is 0 Å². The molecule has 0 saturated heterocycles. The Labute approximate surface area is 113 Å². The van der Waals surface area contributed by atoms with Crippen molar-refractivity contribution in [3.63, 3.8) is 0 Å². The van der Waals surface area contributed by atoms with Crippen LogP contribution in [0.4, 0.5) is 0 Å². The first kappa shape index (κ1) is 13.2. The summed E-state index contributed by atoms with van der Waals surface area (Å²) in [5.74, 6) is 0.682. The Hall–Kier alpha value is -0.240. The van der Waals surface area contributed by atoms with E-state index in [9.17, 15) is 5.11 Å². The molecule has 3 heteroatoms. The fraction of sp³-hybridized carbons (Fsp3) is 0.571. The van der Waals surface area contributed by atoms with Crippen molar-refractivity contribution < 1.29 is 5.11 Å². The Morgan fingerprint density at radius 3 is 2.76 bits per heavy atom. The van der Waals surface area contributed by atoms with Gasteiger partial charge in [-0.05, 0) is 49.8 Å². The van der Waals surface area contributed by atoms with Crippen LogP contribution in [0.1, 0.15) is 44.6 Å². The number of aliphatic hydroxyl groups is 1. The van der Waals surface area contributed by atoms with Gasteiger partial charge in [-0.3, -0.25) is 0 Å². The van der Waals surface area contributed by atoms with E-state index in [1.165, 1.54) is 6.42 Å². The summed E-state index contributed by atoms with van der Waals surface area (Å²) in [6.07, 6.45) is 4.81. The molecule has 0 spiro atoms. The molecule has 1 aliphatic carbocycles. The van der Waals surface area contributed by atoms with Crippen LogP contribution in [0.2, 0.25) is 10.0 Å². The molecule has 17 heavy (non-hydrogen) atoms. The van der Waals surface area contributed by atoms with Gasteiger partial charge in [0.2, 0.25) is 0 Å². The van der Waals surface area contributed by atoms with Gasteiger partial charge in [-0.2, -0.15) is 0 Å². The van der Waals surface area contributed by atoms with E-state index in [1.807, 2.05) is 0 Å². The molecule has 0 heterocycles. The summed E-state index contributed by atoms with van der Waals surface area (Å²) in [4.78, 5) is 0. The van der Waals surface area contributed by atoms with Crippen molar-refractivity contribution in [3.05, 3.63) is 33.8 Å². The smallest absolute Gasteiger partial charge is 0.0911 e. The molecule has 2 rings (SSSR count). The standard InChI is InChI=1S/C14H18Cl2O/c1-10-3-2-7-14(17,8-6-10)12-9-11(15)4-5-13(12)16/h4-5,9-10,17H,2-3,6-8H2,1H3. The number of hydrogen-bond acceptors (Lipinski definition) is 1. The fourth-order valence-electron chi connectivity index (χ4n) is 2.62. The largest absolute Gasteiger partial charge is 0.385 e. The average molecular weight is 273 g/mol. The van der Waals surface area contributed by atoms with E-state index in [2.05, 4.69) is 6.92 Å². The molecule has 1 saturated carbocycles. The summed E-state index contributed by atoms with van der Waals surface area (Å²) in [6, 6.07) is 5.33. The van der Waals surface area contributed by atoms with Crippen LogP contribution in [0.15, 0.2) is 18.2 Å². The molecular formula is C14H18Cl2O. The third-order valence-corrected chi connectivity index (χ3v) is 4.33. The number of benzene rings is 1. The summed E-state index contributed by atoms with van der Waals surface area (Å²) < 4.78 is 0. The lowest BCUT2D eigenvalue weighted by molar-refractivity contribution is 0.0199. The quantitative estimate of drug-likeness (QED) is 0.730. The molecule has 0 bridgehead atoms. The van der Waals surface area contributed by atoms with E-state index in [1.54, 1.807) is 18.2 Å². The van der Waals surface area contributed by atoms with E-state index in [4.69, 9.17) is 23.2 Å². The minimum atomic E-state index is -0.799. The maximum Gasteiger partial charge on any atom is 0.0911 e. The predicted molar refractivity (Wildman–Crippen MR) is 72.6 cm³/mol. The van der Waals surface area contributed by atoms with Crippen LogP contribution in [0.5, 0.6) is 0 Å². The Balaban J connectivity index is 2.33. The van der Waals surface area contributed by atoms with Crippen LogP contribution in [-0.4, -0.2) is 5.11 Å². The van der Waals surface area contributed by atoms with E-state index >= 15 is 0 Å². The van der Waals surface area contributed by atoms with Crippen LogP contribution in [0, 0.1) is 5.92 Å². The van der Waals surface area contributed by atoms with Gasteiger partial charge in [-0.15, -0.1) is 0 Å². The van der Waals surface area contributed by atoms with Crippen molar-refractivity contribution in [3.8, 4) is 0 Å². The maximum atomic E-state index is 10.8. The number of halogens is 2. The third kappa shape index (κ3) is 2.96. The lowest BCUT2D eigenvalue weighted by atomic mass is 9.86. The van der Waals surface area contributed by atoms with Crippen LogP contribution in [0.25, 0.3) is 0 Å². The van der Waals surface area contributed by atoms with Crippen molar-refractivity contribution in [2.24, 2.45) is 5.92 Å². The maximum absolute atomic E-state index is 10.8. The van der Waals surface area contributed by atoms with Gasteiger partial charge in [0, 0.05) is 15.6 Å². The zero-order valence-electron chi connectivity index (χ0n) is 10.0. The SMILES string of the molecule is CC1CCCC(O)(c2cc(Cl)ccc2Cl)CC1. The summed E-state index contributed by atoms with van der Waals surface area (Å²) in [6.45, 7) is 2.24. The van der Waals surface area contributed by atoms with Gasteiger partial charge in [-0.25, -0.2) is 0 Å². The summed E-state index contributed by atoms with van der Waals surface area (Å²) in [5.41, 5.74) is -0.00649. The molecule has 1 aromatic carbocycles. The van der Waals surface area contributed by atoms with Crippen LogP contribution >= 0.6 is 23.2 Å². The molecule has 2 unspecified atom stereocenters. The fourth-order valence-corrected chi connectivity index (χ4v) is 3.09. The van der Waals surface area contributed by atoms with Gasteiger partial charge in [0.15, 0.2) is 0 Å². The minimum absolute atomic E-state index is 0.617. The van der Waals surface area contributed by atoms with Crippen LogP contribution < -0.4 is 0 Å². The summed E-state index contributed by atoms with van der Waals surface area (Å²) in [5, 5.41) is 12.1. The van der Waals surface area contributed by atoms with E-state index in [0.29, 0.717) is 16.0 Å². The summed E-state index contributed by atoms with van der Waals surface area (Å²) >= 11 is 12.2. The molecule has 1 aromatic rings. The minimum Gasteiger partial charge on any atom is -0.385 e. The number of rotatable bonds is 1. The predicted octanol–water partition coefficient (Wildman–Crippen LogP) is 4.78. The second-order valence-electron chi connectivity index (χ2n) is 5.19. The normalized spacial score (nSPS) is 30.0. The highest BCUT2D eigenvalue weighted by atomic mass is 35.5. The Morgan fingerprint density at radius 1 is 1.24 bits per heavy atom. The zero-order chi connectivity index (χ0) is 12.5. The Kier molecular flexibility index (Phi) is 4.02. The van der Waals surface area contributed by atoms with Crippen LogP contribution in [-0.2, 0) is 5.60 Å². The highest BCUT2D eigenvalue weighted by Crippen LogP contribution is 2.41. The van der Waals surface area contributed by atoms with Crippen molar-refractivity contribution in [2.75, 3.05) is 0 Å². The van der Waals surface area contributed by atoms with Crippen molar-refractivity contribution in [1.29, 1.82) is 0 Å². The number of hydrogen-bond donors (Lipinski definition) is 1. The molecule has 0 aliphatic heterocycles. The van der Waals surface area contributed by atoms with E-state index in [0.717, 1.165) is 31.2 Å². The van der Waals surface area contributed by atoms with Gasteiger partial charge < -0.3 is 5.11 Å². The Morgan fingerprint density at radius 2 is 2.00 bits per heavy atom. The third-order valence-electron chi connectivity index (χ3n) is 3.77. The molecule has 1 N–H and O–H groups in total. The van der Waals surface area contributed by atoms with Gasteiger partial charge in [-0.1, -0.05) is 36.5 Å². The van der Waals surface area contributed by atoms with E-state index < -0.39 is 5.60 Å². The highest BCUT2D eigenvalue weighted by molar-refractivity contribution is 6.33. The average Bonchev–Trinajstić information content (AvgIpc) is 2.46. The Bertz CT molecular complexity index is 405. The highest BCUT2D eigenvalue weighted by Gasteiger charge is 2.33. The van der Waals surface area contributed by atoms with Crippen molar-refractivity contribution in [2.45, 2.75) is 44.6 Å². The topological polar surface area (TPSA) is 20.2 Å². The molecule has 1 nitrogen and oxygen atoms in total. The molecular weight excluding hydrogens is 255 g/mol.